The quantitative estimate of drug-likeness (QED) is 0.725. The number of hydrogen-bond donors (Lipinski definition) is 2. The van der Waals surface area contributed by atoms with E-state index in [1.807, 2.05) is 22.6 Å². The van der Waals surface area contributed by atoms with Gasteiger partial charge in [-0.05, 0) is 22.6 Å². The van der Waals surface area contributed by atoms with E-state index in [2.05, 4.69) is 4.98 Å². The van der Waals surface area contributed by atoms with Gasteiger partial charge in [-0.15, -0.1) is 0 Å². The summed E-state index contributed by atoms with van der Waals surface area (Å²) in [4.78, 5) is 15.2. The Labute approximate surface area is 120 Å². The molecule has 2 rings (SSSR count). The lowest BCUT2D eigenvalue weighted by molar-refractivity contribution is -0.0322. The van der Waals surface area contributed by atoms with Crippen LogP contribution in [-0.4, -0.2) is 33.5 Å². The summed E-state index contributed by atoms with van der Waals surface area (Å²) in [5.74, 6) is 0.0288. The fourth-order valence-corrected chi connectivity index (χ4v) is 2.19. The van der Waals surface area contributed by atoms with Crippen molar-refractivity contribution in [3.63, 3.8) is 0 Å². The zero-order valence-electron chi connectivity index (χ0n) is 9.46. The van der Waals surface area contributed by atoms with Crippen LogP contribution in [0.5, 0.6) is 0 Å². The van der Waals surface area contributed by atoms with E-state index in [0.717, 1.165) is 4.57 Å². The predicted octanol–water partition coefficient (Wildman–Crippen LogP) is 0.511. The number of rotatable bonds is 2. The van der Waals surface area contributed by atoms with E-state index in [1.54, 1.807) is 0 Å². The number of aromatic nitrogens is 2. The third-order valence-corrected chi connectivity index (χ3v) is 3.56. The van der Waals surface area contributed by atoms with Crippen LogP contribution in [0.3, 0.4) is 0 Å². The van der Waals surface area contributed by atoms with Gasteiger partial charge in [0.2, 0.25) is 0 Å². The van der Waals surface area contributed by atoms with Gasteiger partial charge < -0.3 is 15.6 Å². The Bertz CT molecular complexity index is 578. The zero-order valence-corrected chi connectivity index (χ0v) is 11.6. The van der Waals surface area contributed by atoms with Gasteiger partial charge in [0.25, 0.3) is 0 Å². The molecule has 19 heavy (non-hydrogen) atoms. The molecule has 0 aromatic carbocycles. The minimum atomic E-state index is -1.82. The van der Waals surface area contributed by atoms with Gasteiger partial charge >= 0.3 is 5.69 Å². The van der Waals surface area contributed by atoms with Crippen molar-refractivity contribution in [3.8, 4) is 0 Å². The van der Waals surface area contributed by atoms with Crippen LogP contribution in [0.15, 0.2) is 22.9 Å². The molecule has 0 bridgehead atoms. The number of hydrogen-bond acceptors (Lipinski definition) is 5. The summed E-state index contributed by atoms with van der Waals surface area (Å²) < 4.78 is 33.0. The van der Waals surface area contributed by atoms with Crippen LogP contribution in [0.1, 0.15) is 6.23 Å². The second kappa shape index (κ2) is 5.51. The Morgan fingerprint density at radius 1 is 1.68 bits per heavy atom. The summed E-state index contributed by atoms with van der Waals surface area (Å²) in [6.07, 6.45) is -2.96. The number of ether oxygens (including phenoxy) is 1. The van der Waals surface area contributed by atoms with Crippen molar-refractivity contribution in [1.29, 1.82) is 0 Å². The van der Waals surface area contributed by atoms with Crippen molar-refractivity contribution in [1.82, 2.24) is 9.55 Å². The van der Waals surface area contributed by atoms with Gasteiger partial charge in [0.05, 0.1) is 16.5 Å². The summed E-state index contributed by atoms with van der Waals surface area (Å²) in [5.41, 5.74) is 4.30. The maximum atomic E-state index is 13.7. The first-order valence-corrected chi connectivity index (χ1v) is 6.32. The summed E-state index contributed by atoms with van der Waals surface area (Å²) >= 11 is 1.83. The second-order valence-corrected chi connectivity index (χ2v) is 5.05. The van der Waals surface area contributed by atoms with Crippen LogP contribution >= 0.6 is 22.6 Å². The Morgan fingerprint density at radius 2 is 2.37 bits per heavy atom. The predicted molar refractivity (Wildman–Crippen MR) is 70.7 cm³/mol. The van der Waals surface area contributed by atoms with E-state index >= 15 is 0 Å². The molecule has 0 aliphatic carbocycles. The third-order valence-electron chi connectivity index (χ3n) is 2.73. The highest BCUT2D eigenvalue weighted by molar-refractivity contribution is 14.1. The van der Waals surface area contributed by atoms with Gasteiger partial charge in [-0.1, -0.05) is 0 Å². The lowest BCUT2D eigenvalue weighted by Gasteiger charge is -2.15. The number of alkyl halides is 1. The van der Waals surface area contributed by atoms with Crippen molar-refractivity contribution < 1.29 is 18.6 Å². The van der Waals surface area contributed by atoms with Gasteiger partial charge in [0.15, 0.2) is 12.4 Å². The maximum Gasteiger partial charge on any atom is 0.351 e. The maximum absolute atomic E-state index is 13.7. The molecule has 9 heteroatoms. The van der Waals surface area contributed by atoms with Crippen LogP contribution in [0, 0.1) is 3.57 Å². The topological polar surface area (TPSA) is 90.4 Å². The minimum Gasteiger partial charge on any atom is -0.394 e. The van der Waals surface area contributed by atoms with Gasteiger partial charge in [-0.25, -0.2) is 13.6 Å². The van der Waals surface area contributed by atoms with Crippen molar-refractivity contribution in [2.45, 2.75) is 18.5 Å². The molecule has 3 atom stereocenters. The number of nitrogens with zero attached hydrogens (tertiary/aromatic N) is 2. The van der Waals surface area contributed by atoms with Crippen LogP contribution in [0.25, 0.3) is 0 Å². The standard InChI is InChI=1S/C10H10F2IN3O3/c11-1-4-7(12)6(3-17)19-9(4)16-2-5(13)8(14)15-10(16)18/h1-2,6-7,9,17H,3H2,(H2,14,15,18)/b4-1+. The second-order valence-electron chi connectivity index (χ2n) is 3.88. The number of aliphatic hydroxyl groups excluding tert-OH is 1. The Hall–Kier alpha value is -1.07. The Kier molecular flexibility index (Phi) is 4.16. The van der Waals surface area contributed by atoms with Crippen molar-refractivity contribution in [2.24, 2.45) is 0 Å². The molecule has 1 aliphatic heterocycles. The first-order valence-electron chi connectivity index (χ1n) is 5.24. The van der Waals surface area contributed by atoms with Crippen molar-refractivity contribution in [3.05, 3.63) is 32.2 Å². The number of nitrogens with two attached hydrogens (primary N) is 1. The van der Waals surface area contributed by atoms with Crippen molar-refractivity contribution >= 4 is 28.4 Å². The summed E-state index contributed by atoms with van der Waals surface area (Å²) in [7, 11) is 0. The summed E-state index contributed by atoms with van der Waals surface area (Å²) in [5, 5.41) is 8.94. The molecule has 6 nitrogen and oxygen atoms in total. The average molecular weight is 385 g/mol. The molecule has 0 radical (unpaired) electrons. The van der Waals surface area contributed by atoms with E-state index in [1.165, 1.54) is 6.20 Å². The monoisotopic (exact) mass is 385 g/mol. The SMILES string of the molecule is Nc1nc(=O)n(C2OC(CO)C(F)/C2=C\F)cc1I. The van der Waals surface area contributed by atoms with E-state index in [4.69, 9.17) is 15.6 Å². The number of anilines is 1. The summed E-state index contributed by atoms with van der Waals surface area (Å²) in [6, 6.07) is 0. The molecule has 1 aromatic rings. The van der Waals surface area contributed by atoms with Gasteiger partial charge in [0, 0.05) is 11.8 Å². The first-order chi connectivity index (χ1) is 8.99. The summed E-state index contributed by atoms with van der Waals surface area (Å²) in [6.45, 7) is -0.622. The molecule has 1 aliphatic rings. The third kappa shape index (κ3) is 2.49. The molecule has 2 heterocycles. The largest absolute Gasteiger partial charge is 0.394 e. The van der Waals surface area contributed by atoms with Crippen LogP contribution in [0.2, 0.25) is 0 Å². The molecule has 1 saturated heterocycles. The smallest absolute Gasteiger partial charge is 0.351 e. The van der Waals surface area contributed by atoms with E-state index in [0.29, 0.717) is 3.57 Å². The molecule has 104 valence electrons. The molecule has 0 saturated carbocycles. The van der Waals surface area contributed by atoms with Gasteiger partial charge in [0.1, 0.15) is 11.9 Å². The van der Waals surface area contributed by atoms with E-state index < -0.39 is 30.8 Å². The highest BCUT2D eigenvalue weighted by atomic mass is 127. The fourth-order valence-electron chi connectivity index (χ4n) is 1.77. The fraction of sp³-hybridized carbons (Fsp3) is 0.400. The van der Waals surface area contributed by atoms with Crippen LogP contribution < -0.4 is 11.4 Å². The molecule has 3 unspecified atom stereocenters. The first kappa shape index (κ1) is 14.3. The molecular formula is C10H10F2IN3O3. The number of aliphatic hydroxyl groups is 1. The highest BCUT2D eigenvalue weighted by Crippen LogP contribution is 2.35. The van der Waals surface area contributed by atoms with Gasteiger partial charge in [-0.3, -0.25) is 4.57 Å². The molecule has 1 fully saturated rings. The highest BCUT2D eigenvalue weighted by Gasteiger charge is 2.41. The number of nitrogen functional groups attached to an aromatic ring is 1. The lowest BCUT2D eigenvalue weighted by atomic mass is 10.1. The lowest BCUT2D eigenvalue weighted by Crippen LogP contribution is -2.29. The average Bonchev–Trinajstić information content (AvgIpc) is 2.70. The van der Waals surface area contributed by atoms with E-state index in [-0.39, 0.29) is 17.7 Å². The molecular weight excluding hydrogens is 375 g/mol. The van der Waals surface area contributed by atoms with E-state index in [9.17, 15) is 13.6 Å². The normalized spacial score (nSPS) is 29.1. The van der Waals surface area contributed by atoms with Crippen LogP contribution in [0.4, 0.5) is 14.6 Å². The molecule has 3 N–H and O–H groups in total. The van der Waals surface area contributed by atoms with Gasteiger partial charge in [-0.2, -0.15) is 4.98 Å². The van der Waals surface area contributed by atoms with Crippen LogP contribution in [-0.2, 0) is 4.74 Å². The van der Waals surface area contributed by atoms with Crippen molar-refractivity contribution in [2.75, 3.05) is 12.3 Å². The molecule has 1 aromatic heterocycles. The molecule has 0 amide bonds. The molecule has 0 spiro atoms. The zero-order chi connectivity index (χ0) is 14.2. The number of halogens is 3. The Balaban J connectivity index is 2.47. The Morgan fingerprint density at radius 3 is 2.95 bits per heavy atom. The minimum absolute atomic E-state index is 0.0288.